The third kappa shape index (κ3) is 7.95. The van der Waals surface area contributed by atoms with E-state index in [4.69, 9.17) is 9.47 Å². The molecule has 3 N–H and O–H groups in total. The van der Waals surface area contributed by atoms with Crippen molar-refractivity contribution in [1.29, 1.82) is 0 Å². The van der Waals surface area contributed by atoms with E-state index in [9.17, 15) is 41.8 Å². The van der Waals surface area contributed by atoms with Crippen LogP contribution in [0.1, 0.15) is 62.3 Å². The fraction of sp³-hybridized carbons (Fsp3) is 0.205. The number of benzene rings is 4. The Morgan fingerprint density at radius 3 is 2.11 bits per heavy atom. The van der Waals surface area contributed by atoms with E-state index in [1.807, 2.05) is 31.2 Å². The molecule has 53 heavy (non-hydrogen) atoms. The lowest BCUT2D eigenvalue weighted by atomic mass is 9.91. The molecule has 4 atom stereocenters. The lowest BCUT2D eigenvalue weighted by Crippen LogP contribution is -2.38. The Labute approximate surface area is 304 Å². The van der Waals surface area contributed by atoms with E-state index < -0.39 is 65.0 Å². The second-order valence-electron chi connectivity index (χ2n) is 12.2. The van der Waals surface area contributed by atoms with Crippen molar-refractivity contribution in [3.05, 3.63) is 154 Å². The summed E-state index contributed by atoms with van der Waals surface area (Å²) in [6.45, 7) is 1.57. The molecule has 1 fully saturated rings. The molecule has 5 aromatic rings. The third-order valence-electron chi connectivity index (χ3n) is 8.90. The van der Waals surface area contributed by atoms with Crippen molar-refractivity contribution in [2.45, 2.75) is 43.6 Å². The fourth-order valence-corrected chi connectivity index (χ4v) is 7.13. The van der Waals surface area contributed by atoms with E-state index in [0.29, 0.717) is 33.0 Å². The van der Waals surface area contributed by atoms with Gasteiger partial charge in [0.05, 0.1) is 24.4 Å². The maximum Gasteiger partial charge on any atom is 0.338 e. The number of pyridine rings is 1. The second-order valence-corrected chi connectivity index (χ2v) is 13.2. The molecular formula is C39H31F5N2O6S. The van der Waals surface area contributed by atoms with Crippen molar-refractivity contribution < 1.29 is 51.2 Å². The largest absolute Gasteiger partial charge is 0.478 e. The molecule has 4 unspecified atom stereocenters. The minimum absolute atomic E-state index is 0.0814. The van der Waals surface area contributed by atoms with E-state index in [-0.39, 0.29) is 24.6 Å². The maximum absolute atomic E-state index is 14.2. The number of carbonyl (C=O) groups is 2. The van der Waals surface area contributed by atoms with Crippen LogP contribution in [0, 0.1) is 35.0 Å². The van der Waals surface area contributed by atoms with Crippen molar-refractivity contribution in [2.75, 3.05) is 5.75 Å². The number of halogens is 5. The highest BCUT2D eigenvalue weighted by molar-refractivity contribution is 7.99. The molecule has 1 amide bonds. The van der Waals surface area contributed by atoms with Gasteiger partial charge < -0.3 is 25.0 Å². The minimum Gasteiger partial charge on any atom is -0.478 e. The van der Waals surface area contributed by atoms with Gasteiger partial charge in [0.2, 0.25) is 5.82 Å². The lowest BCUT2D eigenvalue weighted by Gasteiger charge is -2.41. The summed E-state index contributed by atoms with van der Waals surface area (Å²) in [6.07, 6.45) is -0.159. The van der Waals surface area contributed by atoms with Crippen LogP contribution in [0.3, 0.4) is 0 Å². The number of aromatic carboxylic acids is 1. The number of ether oxygens (including phenoxy) is 2. The quantitative estimate of drug-likeness (QED) is 0.0536. The average molecular weight is 751 g/mol. The number of carboxylic acid groups (broad SMARTS) is 1. The Morgan fingerprint density at radius 2 is 1.45 bits per heavy atom. The molecule has 274 valence electrons. The van der Waals surface area contributed by atoms with Crippen LogP contribution in [-0.2, 0) is 22.6 Å². The van der Waals surface area contributed by atoms with Gasteiger partial charge in [-0.25, -0.2) is 31.7 Å². The minimum atomic E-state index is -2.36. The highest BCUT2D eigenvalue weighted by Crippen LogP contribution is 2.43. The van der Waals surface area contributed by atoms with Crippen LogP contribution < -0.4 is 5.32 Å². The van der Waals surface area contributed by atoms with Crippen LogP contribution in [0.15, 0.2) is 96.2 Å². The predicted octanol–water partition coefficient (Wildman–Crippen LogP) is 8.15. The zero-order chi connectivity index (χ0) is 37.8. The first-order valence-electron chi connectivity index (χ1n) is 16.3. The van der Waals surface area contributed by atoms with Gasteiger partial charge in [-0.1, -0.05) is 79.7 Å². The zero-order valence-electron chi connectivity index (χ0n) is 27.9. The second kappa shape index (κ2) is 16.3. The molecule has 14 heteroatoms. The number of amides is 1. The van der Waals surface area contributed by atoms with Gasteiger partial charge in [0.25, 0.3) is 5.91 Å². The number of carbonyl (C=O) groups excluding carboxylic acids is 1. The molecule has 2 heterocycles. The number of hydrogen-bond acceptors (Lipinski definition) is 7. The van der Waals surface area contributed by atoms with Gasteiger partial charge >= 0.3 is 5.97 Å². The monoisotopic (exact) mass is 750 g/mol. The number of carboxylic acids is 1. The SMILES string of the molecule is CC1C(CSc2ncccc2C(=O)O)OC(c2ccc(-c3ccccc3CNC(=O)c3c(F)c(F)c(F)c(F)c3F)cc2)OC1c1ccc(CO)cc1. The number of rotatable bonds is 11. The van der Waals surface area contributed by atoms with Gasteiger partial charge in [0.1, 0.15) is 10.6 Å². The number of aliphatic hydroxyl groups excluding tert-OH is 1. The van der Waals surface area contributed by atoms with Crippen molar-refractivity contribution in [3.63, 3.8) is 0 Å². The predicted molar refractivity (Wildman–Crippen MR) is 184 cm³/mol. The molecule has 1 saturated heterocycles. The molecule has 1 aliphatic rings. The maximum atomic E-state index is 14.2. The first-order valence-corrected chi connectivity index (χ1v) is 17.3. The summed E-state index contributed by atoms with van der Waals surface area (Å²) < 4.78 is 82.4. The Kier molecular flexibility index (Phi) is 11.5. The summed E-state index contributed by atoms with van der Waals surface area (Å²) in [7, 11) is 0. The van der Waals surface area contributed by atoms with Crippen molar-refractivity contribution in [2.24, 2.45) is 5.92 Å². The van der Waals surface area contributed by atoms with Gasteiger partial charge in [0.15, 0.2) is 29.6 Å². The summed E-state index contributed by atoms with van der Waals surface area (Å²) in [4.78, 5) is 28.7. The zero-order valence-corrected chi connectivity index (χ0v) is 28.7. The molecule has 0 spiro atoms. The van der Waals surface area contributed by atoms with Crippen molar-refractivity contribution >= 4 is 23.6 Å². The average Bonchev–Trinajstić information content (AvgIpc) is 3.18. The van der Waals surface area contributed by atoms with E-state index in [1.54, 1.807) is 54.6 Å². The van der Waals surface area contributed by atoms with Crippen molar-refractivity contribution in [1.82, 2.24) is 10.3 Å². The van der Waals surface area contributed by atoms with Crippen LogP contribution in [0.25, 0.3) is 11.1 Å². The van der Waals surface area contributed by atoms with Crippen LogP contribution in [-0.4, -0.2) is 38.9 Å². The van der Waals surface area contributed by atoms with E-state index in [1.165, 1.54) is 24.0 Å². The Hall–Kier alpha value is -5.15. The molecular weight excluding hydrogens is 719 g/mol. The number of nitrogens with zero attached hydrogens (tertiary/aromatic N) is 1. The number of aromatic nitrogens is 1. The normalized spacial score (nSPS) is 18.5. The first kappa shape index (κ1) is 37.6. The Morgan fingerprint density at radius 1 is 0.811 bits per heavy atom. The summed E-state index contributed by atoms with van der Waals surface area (Å²) in [5, 5.41) is 21.8. The number of hydrogen-bond donors (Lipinski definition) is 3. The molecule has 1 aromatic heterocycles. The molecule has 0 bridgehead atoms. The van der Waals surface area contributed by atoms with Crippen molar-refractivity contribution in [3.8, 4) is 11.1 Å². The van der Waals surface area contributed by atoms with Gasteiger partial charge in [-0.3, -0.25) is 4.79 Å². The molecule has 0 radical (unpaired) electrons. The molecule has 8 nitrogen and oxygen atoms in total. The Bertz CT molecular complexity index is 2110. The number of aliphatic hydroxyl groups is 1. The molecule has 1 aliphatic heterocycles. The van der Waals surface area contributed by atoms with Crippen LogP contribution in [0.2, 0.25) is 0 Å². The van der Waals surface area contributed by atoms with Crippen LogP contribution in [0.4, 0.5) is 22.0 Å². The van der Waals surface area contributed by atoms with Gasteiger partial charge in [0, 0.05) is 30.0 Å². The molecule has 6 rings (SSSR count). The molecule has 4 aromatic carbocycles. The van der Waals surface area contributed by atoms with Crippen LogP contribution in [0.5, 0.6) is 0 Å². The van der Waals surface area contributed by atoms with E-state index in [2.05, 4.69) is 10.3 Å². The topological polar surface area (TPSA) is 118 Å². The van der Waals surface area contributed by atoms with Crippen LogP contribution >= 0.6 is 11.8 Å². The summed E-state index contributed by atoms with van der Waals surface area (Å²) >= 11 is 1.27. The summed E-state index contributed by atoms with van der Waals surface area (Å²) in [5.41, 5.74) is 2.56. The fourth-order valence-electron chi connectivity index (χ4n) is 5.98. The first-order chi connectivity index (χ1) is 25.5. The summed E-state index contributed by atoms with van der Waals surface area (Å²) in [5.74, 6) is -13.6. The third-order valence-corrected chi connectivity index (χ3v) is 9.99. The van der Waals surface area contributed by atoms with E-state index in [0.717, 1.165) is 11.1 Å². The highest BCUT2D eigenvalue weighted by Gasteiger charge is 2.39. The lowest BCUT2D eigenvalue weighted by molar-refractivity contribution is -0.268. The van der Waals surface area contributed by atoms with Gasteiger partial charge in [-0.05, 0) is 39.9 Å². The summed E-state index contributed by atoms with van der Waals surface area (Å²) in [6, 6.07) is 24.4. The van der Waals surface area contributed by atoms with Gasteiger partial charge in [-0.15, -0.1) is 11.8 Å². The Balaban J connectivity index is 1.23. The number of nitrogens with one attached hydrogen (secondary N) is 1. The van der Waals surface area contributed by atoms with E-state index >= 15 is 0 Å². The smallest absolute Gasteiger partial charge is 0.338 e. The highest BCUT2D eigenvalue weighted by atomic mass is 32.2. The number of thioether (sulfide) groups is 1. The molecule has 0 aliphatic carbocycles. The molecule has 0 saturated carbocycles. The van der Waals surface area contributed by atoms with Gasteiger partial charge in [-0.2, -0.15) is 0 Å². The standard InChI is InChI=1S/C39H31F5N2O6S/c1-20-28(19-53-37-27(38(49)50)7-4-16-45-37)51-39(52-35(20)23-10-8-21(18-47)9-11-23)24-14-12-22(13-15-24)26-6-3-2-5-25(26)17-46-36(48)29-30(40)32(42)34(44)33(43)31(29)41/h2-16,20,28,35,39,47H,17-19H2,1H3,(H,46,48)(H,49,50).